The van der Waals surface area contributed by atoms with E-state index in [0.29, 0.717) is 48.6 Å². The smallest absolute Gasteiger partial charge is 0.329 e. The SMILES string of the molecule is Cc1ccc(C(=O)c2cccn2CCOc2ccc(C(=O)NC3(C(=O)O)CCCC3)cc2)cc1. The largest absolute Gasteiger partial charge is 0.492 e. The van der Waals surface area contributed by atoms with Crippen LogP contribution in [0.25, 0.3) is 0 Å². The zero-order valence-corrected chi connectivity index (χ0v) is 19.1. The van der Waals surface area contributed by atoms with Crippen LogP contribution in [-0.4, -0.2) is 39.5 Å². The number of aryl methyl sites for hydroxylation is 1. The fraction of sp³-hybridized carbons (Fsp3) is 0.296. The Morgan fingerprint density at radius 2 is 1.62 bits per heavy atom. The van der Waals surface area contributed by atoms with E-state index in [1.54, 1.807) is 30.3 Å². The van der Waals surface area contributed by atoms with Crippen LogP contribution in [-0.2, 0) is 11.3 Å². The molecule has 0 bridgehead atoms. The van der Waals surface area contributed by atoms with Crippen molar-refractivity contribution in [2.45, 2.75) is 44.7 Å². The van der Waals surface area contributed by atoms with E-state index in [1.807, 2.05) is 48.0 Å². The molecule has 0 saturated heterocycles. The third-order valence-electron chi connectivity index (χ3n) is 6.31. The topological polar surface area (TPSA) is 97.6 Å². The first kappa shape index (κ1) is 23.3. The highest BCUT2D eigenvalue weighted by Crippen LogP contribution is 2.30. The molecule has 0 unspecified atom stereocenters. The predicted molar refractivity (Wildman–Crippen MR) is 127 cm³/mol. The van der Waals surface area contributed by atoms with Gasteiger partial charge in [-0.3, -0.25) is 9.59 Å². The Bertz CT molecular complexity index is 1170. The van der Waals surface area contributed by atoms with Crippen molar-refractivity contribution in [3.63, 3.8) is 0 Å². The lowest BCUT2D eigenvalue weighted by Gasteiger charge is -2.25. The molecular weight excluding hydrogens is 432 g/mol. The zero-order chi connectivity index (χ0) is 24.1. The van der Waals surface area contributed by atoms with Crippen molar-refractivity contribution in [1.82, 2.24) is 9.88 Å². The minimum Gasteiger partial charge on any atom is -0.492 e. The van der Waals surface area contributed by atoms with Gasteiger partial charge >= 0.3 is 5.97 Å². The molecule has 7 nitrogen and oxygen atoms in total. The Morgan fingerprint density at radius 1 is 0.971 bits per heavy atom. The molecule has 1 heterocycles. The molecule has 0 atom stereocenters. The molecule has 2 aromatic carbocycles. The van der Waals surface area contributed by atoms with E-state index in [0.717, 1.165) is 18.4 Å². The highest BCUT2D eigenvalue weighted by molar-refractivity contribution is 6.08. The van der Waals surface area contributed by atoms with Gasteiger partial charge < -0.3 is 19.7 Å². The summed E-state index contributed by atoms with van der Waals surface area (Å²) in [6.45, 7) is 2.81. The van der Waals surface area contributed by atoms with E-state index in [9.17, 15) is 19.5 Å². The number of carboxylic acid groups (broad SMARTS) is 1. The number of ketones is 1. The van der Waals surface area contributed by atoms with Gasteiger partial charge in [-0.05, 0) is 56.2 Å². The lowest BCUT2D eigenvalue weighted by molar-refractivity contribution is -0.144. The van der Waals surface area contributed by atoms with Gasteiger partial charge in [0.05, 0.1) is 12.2 Å². The molecule has 0 aliphatic heterocycles. The van der Waals surface area contributed by atoms with Crippen LogP contribution >= 0.6 is 0 Å². The summed E-state index contributed by atoms with van der Waals surface area (Å²) in [5.41, 5.74) is 1.55. The van der Waals surface area contributed by atoms with Gasteiger partial charge in [0, 0.05) is 17.3 Å². The van der Waals surface area contributed by atoms with Crippen LogP contribution in [0.3, 0.4) is 0 Å². The summed E-state index contributed by atoms with van der Waals surface area (Å²) in [5, 5.41) is 12.3. The molecule has 7 heteroatoms. The fourth-order valence-corrected chi connectivity index (χ4v) is 4.29. The molecule has 1 amide bonds. The van der Waals surface area contributed by atoms with Crippen LogP contribution in [0, 0.1) is 6.92 Å². The van der Waals surface area contributed by atoms with Gasteiger partial charge in [-0.1, -0.05) is 42.7 Å². The number of carbonyl (C=O) groups excluding carboxylic acids is 2. The van der Waals surface area contributed by atoms with Crippen molar-refractivity contribution in [2.24, 2.45) is 0 Å². The normalized spacial score (nSPS) is 14.5. The highest BCUT2D eigenvalue weighted by atomic mass is 16.5. The van der Waals surface area contributed by atoms with Gasteiger partial charge in [0.25, 0.3) is 5.91 Å². The average Bonchev–Trinajstić information content (AvgIpc) is 3.50. The Morgan fingerprint density at radius 3 is 2.26 bits per heavy atom. The maximum absolute atomic E-state index is 12.8. The molecule has 1 aliphatic carbocycles. The third-order valence-corrected chi connectivity index (χ3v) is 6.31. The highest BCUT2D eigenvalue weighted by Gasteiger charge is 2.42. The number of nitrogens with one attached hydrogen (secondary N) is 1. The second-order valence-corrected chi connectivity index (χ2v) is 8.70. The summed E-state index contributed by atoms with van der Waals surface area (Å²) in [6.07, 6.45) is 4.32. The molecular formula is C27H28N2O5. The average molecular weight is 461 g/mol. The monoisotopic (exact) mass is 460 g/mol. The number of amides is 1. The Hall–Kier alpha value is -3.87. The van der Waals surface area contributed by atoms with Crippen LogP contribution in [0.15, 0.2) is 66.9 Å². The van der Waals surface area contributed by atoms with Gasteiger partial charge in [-0.25, -0.2) is 4.79 Å². The maximum Gasteiger partial charge on any atom is 0.329 e. The molecule has 176 valence electrons. The number of ether oxygens (including phenoxy) is 1. The Balaban J connectivity index is 1.33. The van der Waals surface area contributed by atoms with Crippen molar-refractivity contribution in [3.8, 4) is 5.75 Å². The van der Waals surface area contributed by atoms with E-state index >= 15 is 0 Å². The van der Waals surface area contributed by atoms with Crippen LogP contribution in [0.2, 0.25) is 0 Å². The minimum absolute atomic E-state index is 0.0400. The number of aliphatic carboxylic acids is 1. The van der Waals surface area contributed by atoms with E-state index < -0.39 is 17.4 Å². The quantitative estimate of drug-likeness (QED) is 0.466. The number of carbonyl (C=O) groups is 3. The van der Waals surface area contributed by atoms with Crippen molar-refractivity contribution in [1.29, 1.82) is 0 Å². The van der Waals surface area contributed by atoms with E-state index in [1.165, 1.54) is 0 Å². The second-order valence-electron chi connectivity index (χ2n) is 8.70. The lowest BCUT2D eigenvalue weighted by atomic mass is 9.97. The van der Waals surface area contributed by atoms with Crippen LogP contribution in [0.5, 0.6) is 5.75 Å². The van der Waals surface area contributed by atoms with Gasteiger partial charge in [0.2, 0.25) is 5.78 Å². The summed E-state index contributed by atoms with van der Waals surface area (Å²) < 4.78 is 7.66. The number of rotatable bonds is 9. The fourth-order valence-electron chi connectivity index (χ4n) is 4.29. The first-order valence-electron chi connectivity index (χ1n) is 11.4. The molecule has 4 rings (SSSR count). The molecule has 3 aromatic rings. The summed E-state index contributed by atoms with van der Waals surface area (Å²) in [5.74, 6) is -0.836. The molecule has 34 heavy (non-hydrogen) atoms. The van der Waals surface area contributed by atoms with E-state index in [4.69, 9.17) is 4.74 Å². The summed E-state index contributed by atoms with van der Waals surface area (Å²) in [6, 6.07) is 17.7. The predicted octanol–water partition coefficient (Wildman–Crippen LogP) is 4.23. The van der Waals surface area contributed by atoms with Crippen molar-refractivity contribution < 1.29 is 24.2 Å². The molecule has 0 radical (unpaired) electrons. The second kappa shape index (κ2) is 9.95. The zero-order valence-electron chi connectivity index (χ0n) is 19.1. The van der Waals surface area contributed by atoms with Gasteiger partial charge in [0.1, 0.15) is 17.9 Å². The molecule has 1 saturated carbocycles. The number of benzene rings is 2. The first-order valence-corrected chi connectivity index (χ1v) is 11.4. The van der Waals surface area contributed by atoms with Crippen LogP contribution in [0.4, 0.5) is 0 Å². The molecule has 1 fully saturated rings. The van der Waals surface area contributed by atoms with Crippen molar-refractivity contribution in [3.05, 3.63) is 89.2 Å². The summed E-state index contributed by atoms with van der Waals surface area (Å²) in [7, 11) is 0. The van der Waals surface area contributed by atoms with Crippen molar-refractivity contribution in [2.75, 3.05) is 6.61 Å². The molecule has 2 N–H and O–H groups in total. The van der Waals surface area contributed by atoms with E-state index in [-0.39, 0.29) is 5.78 Å². The van der Waals surface area contributed by atoms with Gasteiger partial charge in [-0.2, -0.15) is 0 Å². The van der Waals surface area contributed by atoms with Crippen LogP contribution < -0.4 is 10.1 Å². The molecule has 1 aromatic heterocycles. The van der Waals surface area contributed by atoms with Crippen LogP contribution in [0.1, 0.15) is 57.7 Å². The number of hydrogen-bond acceptors (Lipinski definition) is 4. The summed E-state index contributed by atoms with van der Waals surface area (Å²) >= 11 is 0. The van der Waals surface area contributed by atoms with Gasteiger partial charge in [0.15, 0.2) is 0 Å². The molecule has 1 aliphatic rings. The maximum atomic E-state index is 12.8. The Labute approximate surface area is 198 Å². The number of carboxylic acids is 1. The van der Waals surface area contributed by atoms with Gasteiger partial charge in [-0.15, -0.1) is 0 Å². The standard InChI is InChI=1S/C27H28N2O5/c1-19-6-8-20(9-7-19)24(30)23-5-4-16-29(23)17-18-34-22-12-10-21(11-13-22)25(31)28-27(26(32)33)14-2-3-15-27/h4-13,16H,2-3,14-15,17-18H2,1H3,(H,28,31)(H,32,33). The number of aromatic nitrogens is 1. The molecule has 0 spiro atoms. The van der Waals surface area contributed by atoms with Crippen molar-refractivity contribution >= 4 is 17.7 Å². The lowest BCUT2D eigenvalue weighted by Crippen LogP contribution is -2.52. The van der Waals surface area contributed by atoms with E-state index in [2.05, 4.69) is 5.32 Å². The number of hydrogen-bond donors (Lipinski definition) is 2. The first-order chi connectivity index (χ1) is 16.4. The Kier molecular flexibility index (Phi) is 6.82. The minimum atomic E-state index is -1.17. The number of nitrogens with zero attached hydrogens (tertiary/aromatic N) is 1. The summed E-state index contributed by atoms with van der Waals surface area (Å²) in [4.78, 5) is 37.1. The third kappa shape index (κ3) is 5.03.